The highest BCUT2D eigenvalue weighted by Gasteiger charge is 2.18. The minimum atomic E-state index is -0.445. The third kappa shape index (κ3) is 6.80. The molecule has 0 heterocycles. The Morgan fingerprint density at radius 3 is 2.42 bits per heavy atom. The van der Waals surface area contributed by atoms with Crippen LogP contribution in [-0.4, -0.2) is 24.7 Å². The normalized spacial score (nSPS) is 11.7. The lowest BCUT2D eigenvalue weighted by atomic mass is 10.0. The quantitative estimate of drug-likeness (QED) is 0.486. The molecule has 1 N–H and O–H groups in total. The van der Waals surface area contributed by atoms with Gasteiger partial charge >= 0.3 is 5.97 Å². The summed E-state index contributed by atoms with van der Waals surface area (Å²) < 4.78 is 18.5. The number of benzene rings is 2. The van der Waals surface area contributed by atoms with E-state index in [0.717, 1.165) is 14.9 Å². The Labute approximate surface area is 164 Å². The van der Waals surface area contributed by atoms with Crippen molar-refractivity contribution in [2.45, 2.75) is 23.8 Å². The summed E-state index contributed by atoms with van der Waals surface area (Å²) in [5.41, 5.74) is 0.832. The van der Waals surface area contributed by atoms with E-state index in [4.69, 9.17) is 4.74 Å². The molecule has 0 aliphatic carbocycles. The molecule has 0 radical (unpaired) electrons. The van der Waals surface area contributed by atoms with Gasteiger partial charge in [-0.3, -0.25) is 9.59 Å². The summed E-state index contributed by atoms with van der Waals surface area (Å²) in [5, 5.41) is 2.88. The molecule has 7 heteroatoms. The number of carbonyl (C=O) groups excluding carboxylic acids is 2. The van der Waals surface area contributed by atoms with Gasteiger partial charge in [-0.2, -0.15) is 0 Å². The van der Waals surface area contributed by atoms with Crippen LogP contribution in [-0.2, 0) is 14.3 Å². The van der Waals surface area contributed by atoms with Crippen LogP contribution in [0.5, 0.6) is 0 Å². The fraction of sp³-hybridized carbons (Fsp3) is 0.263. The molecule has 0 aliphatic heterocycles. The first kappa shape index (κ1) is 20.5. The van der Waals surface area contributed by atoms with Gasteiger partial charge in [0.2, 0.25) is 5.91 Å². The van der Waals surface area contributed by atoms with E-state index in [9.17, 15) is 14.0 Å². The smallest absolute Gasteiger partial charge is 0.307 e. The topological polar surface area (TPSA) is 55.4 Å². The lowest BCUT2D eigenvalue weighted by Gasteiger charge is -2.18. The zero-order valence-electron chi connectivity index (χ0n) is 14.2. The van der Waals surface area contributed by atoms with Gasteiger partial charge in [0.25, 0.3) is 0 Å². The lowest BCUT2D eigenvalue weighted by molar-refractivity contribution is -0.141. The Morgan fingerprint density at radius 1 is 1.15 bits per heavy atom. The first-order valence-electron chi connectivity index (χ1n) is 7.98. The molecule has 2 aromatic rings. The van der Waals surface area contributed by atoms with Crippen LogP contribution in [0.15, 0.2) is 57.9 Å². The summed E-state index contributed by atoms with van der Waals surface area (Å²) in [6.07, 6.45) is 0.352. The predicted octanol–water partition coefficient (Wildman–Crippen LogP) is 4.49. The number of halogens is 2. The number of carbonyl (C=O) groups is 2. The predicted molar refractivity (Wildman–Crippen MR) is 103 cm³/mol. The van der Waals surface area contributed by atoms with E-state index in [1.165, 1.54) is 31.0 Å². The van der Waals surface area contributed by atoms with Crippen LogP contribution in [0.3, 0.4) is 0 Å². The largest absolute Gasteiger partial charge is 0.469 e. The molecule has 0 saturated carbocycles. The number of thioether (sulfide) groups is 1. The number of esters is 1. The van der Waals surface area contributed by atoms with E-state index >= 15 is 0 Å². The van der Waals surface area contributed by atoms with Crippen molar-refractivity contribution < 1.29 is 18.7 Å². The second kappa shape index (κ2) is 10.3. The first-order valence-corrected chi connectivity index (χ1v) is 9.76. The summed E-state index contributed by atoms with van der Waals surface area (Å²) in [6, 6.07) is 13.1. The van der Waals surface area contributed by atoms with Crippen molar-refractivity contribution in [2.75, 3.05) is 12.9 Å². The van der Waals surface area contributed by atoms with Crippen LogP contribution in [0.2, 0.25) is 0 Å². The fourth-order valence-electron chi connectivity index (χ4n) is 2.26. The van der Waals surface area contributed by atoms with E-state index in [1.54, 1.807) is 12.1 Å². The van der Waals surface area contributed by atoms with Crippen molar-refractivity contribution in [2.24, 2.45) is 0 Å². The molecule has 1 atom stereocenters. The lowest BCUT2D eigenvalue weighted by Crippen LogP contribution is -2.30. The molecular weight excluding hydrogens is 421 g/mol. The van der Waals surface area contributed by atoms with Gasteiger partial charge in [0, 0.05) is 21.5 Å². The first-order chi connectivity index (χ1) is 12.5. The molecular formula is C19H19BrFNO3S. The highest BCUT2D eigenvalue weighted by Crippen LogP contribution is 2.22. The van der Waals surface area contributed by atoms with E-state index < -0.39 is 6.04 Å². The third-order valence-corrected chi connectivity index (χ3v) is 5.16. The van der Waals surface area contributed by atoms with Gasteiger partial charge < -0.3 is 10.1 Å². The maximum absolute atomic E-state index is 12.9. The molecule has 4 nitrogen and oxygen atoms in total. The van der Waals surface area contributed by atoms with Gasteiger partial charge in [-0.15, -0.1) is 11.8 Å². The molecule has 1 unspecified atom stereocenters. The number of hydrogen-bond acceptors (Lipinski definition) is 4. The van der Waals surface area contributed by atoms with E-state index in [-0.39, 0.29) is 30.5 Å². The van der Waals surface area contributed by atoms with Gasteiger partial charge in [0.1, 0.15) is 5.82 Å². The number of hydrogen-bond donors (Lipinski definition) is 1. The van der Waals surface area contributed by atoms with Gasteiger partial charge in [-0.05, 0) is 42.0 Å². The van der Waals surface area contributed by atoms with Gasteiger partial charge in [-0.1, -0.05) is 28.1 Å². The number of nitrogens with one attached hydrogen (secondary N) is 1. The van der Waals surface area contributed by atoms with Crippen LogP contribution >= 0.6 is 27.7 Å². The van der Waals surface area contributed by atoms with Gasteiger partial charge in [0.15, 0.2) is 0 Å². The molecule has 138 valence electrons. The molecule has 0 aromatic heterocycles. The maximum Gasteiger partial charge on any atom is 0.307 e. The number of methoxy groups -OCH3 is 1. The average Bonchev–Trinajstić information content (AvgIpc) is 2.63. The summed E-state index contributed by atoms with van der Waals surface area (Å²) in [5.74, 6) is -0.273. The number of rotatable bonds is 8. The molecule has 0 aliphatic rings. The maximum atomic E-state index is 12.9. The van der Waals surface area contributed by atoms with Crippen LogP contribution < -0.4 is 5.32 Å². The Morgan fingerprint density at radius 2 is 1.81 bits per heavy atom. The van der Waals surface area contributed by atoms with Gasteiger partial charge in [0.05, 0.1) is 19.6 Å². The van der Waals surface area contributed by atoms with Crippen molar-refractivity contribution in [3.8, 4) is 0 Å². The fourth-order valence-corrected chi connectivity index (χ4v) is 3.37. The van der Waals surface area contributed by atoms with Crippen molar-refractivity contribution in [1.29, 1.82) is 0 Å². The summed E-state index contributed by atoms with van der Waals surface area (Å²) in [7, 11) is 1.32. The standard InChI is InChI=1S/C19H19BrFNO3S/c1-25-19(24)12-17(13-2-4-14(20)5-3-13)22-18(23)10-11-26-16-8-6-15(21)7-9-16/h2-9,17H,10-12H2,1H3,(H,22,23). The van der Waals surface area contributed by atoms with Crippen LogP contribution in [0.25, 0.3) is 0 Å². The van der Waals surface area contributed by atoms with Crippen LogP contribution in [0.4, 0.5) is 4.39 Å². The van der Waals surface area contributed by atoms with E-state index in [1.807, 2.05) is 24.3 Å². The highest BCUT2D eigenvalue weighted by molar-refractivity contribution is 9.10. The average molecular weight is 440 g/mol. The minimum Gasteiger partial charge on any atom is -0.469 e. The van der Waals surface area contributed by atoms with E-state index in [0.29, 0.717) is 5.75 Å². The molecule has 26 heavy (non-hydrogen) atoms. The molecule has 2 rings (SSSR count). The Kier molecular flexibility index (Phi) is 8.12. The summed E-state index contributed by atoms with van der Waals surface area (Å²) in [4.78, 5) is 24.8. The van der Waals surface area contributed by atoms with Crippen LogP contribution in [0.1, 0.15) is 24.4 Å². The van der Waals surface area contributed by atoms with Gasteiger partial charge in [-0.25, -0.2) is 4.39 Å². The summed E-state index contributed by atoms with van der Waals surface area (Å²) >= 11 is 4.84. The van der Waals surface area contributed by atoms with Crippen molar-refractivity contribution >= 4 is 39.6 Å². The van der Waals surface area contributed by atoms with Crippen molar-refractivity contribution in [3.05, 3.63) is 64.4 Å². The molecule has 0 saturated heterocycles. The summed E-state index contributed by atoms with van der Waals surface area (Å²) in [6.45, 7) is 0. The molecule has 0 spiro atoms. The van der Waals surface area contributed by atoms with Crippen LogP contribution in [0, 0.1) is 5.82 Å². The molecule has 0 bridgehead atoms. The van der Waals surface area contributed by atoms with Crippen molar-refractivity contribution in [3.63, 3.8) is 0 Å². The Bertz CT molecular complexity index is 737. The second-order valence-electron chi connectivity index (χ2n) is 5.50. The molecule has 1 amide bonds. The highest BCUT2D eigenvalue weighted by atomic mass is 79.9. The third-order valence-electron chi connectivity index (χ3n) is 3.62. The number of ether oxygens (including phenoxy) is 1. The SMILES string of the molecule is COC(=O)CC(NC(=O)CCSc1ccc(F)cc1)c1ccc(Br)cc1. The zero-order chi connectivity index (χ0) is 18.9. The monoisotopic (exact) mass is 439 g/mol. The number of amides is 1. The minimum absolute atomic E-state index is 0.0645. The molecule has 2 aromatic carbocycles. The zero-order valence-corrected chi connectivity index (χ0v) is 16.6. The molecule has 0 fully saturated rings. The Hall–Kier alpha value is -1.86. The van der Waals surface area contributed by atoms with Crippen molar-refractivity contribution in [1.82, 2.24) is 5.32 Å². The Balaban J connectivity index is 1.91. The van der Waals surface area contributed by atoms with E-state index in [2.05, 4.69) is 21.2 Å². The second-order valence-corrected chi connectivity index (χ2v) is 7.59.